The van der Waals surface area contributed by atoms with E-state index in [4.69, 9.17) is 9.47 Å². The van der Waals surface area contributed by atoms with E-state index in [9.17, 15) is 8.42 Å². The zero-order chi connectivity index (χ0) is 16.2. The third-order valence-corrected chi connectivity index (χ3v) is 4.39. The lowest BCUT2D eigenvalue weighted by Gasteiger charge is -2.12. The van der Waals surface area contributed by atoms with E-state index in [0.717, 1.165) is 16.9 Å². The van der Waals surface area contributed by atoms with Gasteiger partial charge in [0.15, 0.2) is 9.84 Å². The number of ether oxygens (including phenoxy) is 2. The molecule has 0 fully saturated rings. The monoisotopic (exact) mass is 320 g/mol. The Morgan fingerprint density at radius 3 is 1.95 bits per heavy atom. The molecule has 22 heavy (non-hydrogen) atoms. The van der Waals surface area contributed by atoms with Crippen LogP contribution in [0.1, 0.15) is 11.1 Å². The first-order valence-corrected chi connectivity index (χ1v) is 8.89. The summed E-state index contributed by atoms with van der Waals surface area (Å²) in [6.45, 7) is 4.84. The highest BCUT2D eigenvalue weighted by molar-refractivity contribution is 7.90. The van der Waals surface area contributed by atoms with Crippen molar-refractivity contribution in [2.45, 2.75) is 18.7 Å². The standard InChI is InChI=1S/C17H20O4S/c1-13-5-4-6-14(2)17(13)21-12-11-20-15-7-9-16(10-8-15)22(3,18)19/h4-10H,11-12H2,1-3H3. The molecule has 2 aromatic carbocycles. The first kappa shape index (κ1) is 16.4. The minimum atomic E-state index is -3.17. The van der Waals surface area contributed by atoms with Gasteiger partial charge in [0, 0.05) is 6.26 Å². The van der Waals surface area contributed by atoms with E-state index in [1.807, 2.05) is 32.0 Å². The molecule has 118 valence electrons. The van der Waals surface area contributed by atoms with Gasteiger partial charge in [-0.15, -0.1) is 0 Å². The number of rotatable bonds is 6. The van der Waals surface area contributed by atoms with Crippen molar-refractivity contribution >= 4 is 9.84 Å². The molecule has 0 aliphatic heterocycles. The zero-order valence-corrected chi connectivity index (χ0v) is 13.8. The fourth-order valence-electron chi connectivity index (χ4n) is 2.11. The average molecular weight is 320 g/mol. The number of hydrogen-bond acceptors (Lipinski definition) is 4. The van der Waals surface area contributed by atoms with Crippen molar-refractivity contribution in [3.8, 4) is 11.5 Å². The third kappa shape index (κ3) is 4.24. The van der Waals surface area contributed by atoms with Gasteiger partial charge >= 0.3 is 0 Å². The summed E-state index contributed by atoms with van der Waals surface area (Å²) in [6, 6.07) is 12.4. The summed E-state index contributed by atoms with van der Waals surface area (Å²) in [7, 11) is -3.17. The van der Waals surface area contributed by atoms with Crippen molar-refractivity contribution in [3.63, 3.8) is 0 Å². The van der Waals surface area contributed by atoms with Crippen LogP contribution in [0.3, 0.4) is 0 Å². The highest BCUT2D eigenvalue weighted by atomic mass is 32.2. The van der Waals surface area contributed by atoms with Gasteiger partial charge in [0.2, 0.25) is 0 Å². The molecule has 0 unspecified atom stereocenters. The Morgan fingerprint density at radius 2 is 1.41 bits per heavy atom. The van der Waals surface area contributed by atoms with Crippen LogP contribution in [0.5, 0.6) is 11.5 Å². The molecule has 2 rings (SSSR count). The van der Waals surface area contributed by atoms with Crippen LogP contribution in [-0.2, 0) is 9.84 Å². The Balaban J connectivity index is 1.87. The van der Waals surface area contributed by atoms with Gasteiger partial charge in [-0.2, -0.15) is 0 Å². The van der Waals surface area contributed by atoms with Crippen molar-refractivity contribution in [1.29, 1.82) is 0 Å². The second-order valence-corrected chi connectivity index (χ2v) is 7.18. The Kier molecular flexibility index (Phi) is 5.08. The number of sulfone groups is 1. The molecule has 5 heteroatoms. The van der Waals surface area contributed by atoms with Crippen LogP contribution in [0, 0.1) is 13.8 Å². The Bertz CT molecular complexity index is 714. The van der Waals surface area contributed by atoms with E-state index in [1.54, 1.807) is 12.1 Å². The molecule has 0 amide bonds. The van der Waals surface area contributed by atoms with Crippen LogP contribution in [0.4, 0.5) is 0 Å². The molecule has 0 N–H and O–H groups in total. The van der Waals surface area contributed by atoms with Gasteiger partial charge in [0.1, 0.15) is 24.7 Å². The van der Waals surface area contributed by atoms with Gasteiger partial charge in [-0.25, -0.2) is 8.42 Å². The maximum Gasteiger partial charge on any atom is 0.175 e. The third-order valence-electron chi connectivity index (χ3n) is 3.26. The van der Waals surface area contributed by atoms with Crippen molar-refractivity contribution in [3.05, 3.63) is 53.6 Å². The number of hydrogen-bond donors (Lipinski definition) is 0. The minimum Gasteiger partial charge on any atom is -0.490 e. The predicted molar refractivity (Wildman–Crippen MR) is 86.5 cm³/mol. The van der Waals surface area contributed by atoms with Crippen molar-refractivity contribution in [1.82, 2.24) is 0 Å². The summed E-state index contributed by atoms with van der Waals surface area (Å²) in [4.78, 5) is 0.284. The number of aryl methyl sites for hydroxylation is 2. The lowest BCUT2D eigenvalue weighted by atomic mass is 10.1. The zero-order valence-electron chi connectivity index (χ0n) is 13.0. The molecule has 0 aliphatic rings. The van der Waals surface area contributed by atoms with Gasteiger partial charge in [-0.3, -0.25) is 0 Å². The maximum atomic E-state index is 11.4. The maximum absolute atomic E-state index is 11.4. The summed E-state index contributed by atoms with van der Waals surface area (Å²) < 4.78 is 34.0. The Morgan fingerprint density at radius 1 is 0.864 bits per heavy atom. The number of benzene rings is 2. The molecule has 0 radical (unpaired) electrons. The summed E-state index contributed by atoms with van der Waals surface area (Å²) in [6.07, 6.45) is 1.18. The summed E-state index contributed by atoms with van der Waals surface area (Å²) >= 11 is 0. The van der Waals surface area contributed by atoms with Crippen LogP contribution >= 0.6 is 0 Å². The molecule has 0 aliphatic carbocycles. The predicted octanol–water partition coefficient (Wildman–Crippen LogP) is 3.16. The quantitative estimate of drug-likeness (QED) is 0.767. The molecular formula is C17H20O4S. The second kappa shape index (κ2) is 6.83. The molecule has 2 aromatic rings. The van der Waals surface area contributed by atoms with E-state index < -0.39 is 9.84 Å². The fourth-order valence-corrected chi connectivity index (χ4v) is 2.74. The Hall–Kier alpha value is -2.01. The summed E-state index contributed by atoms with van der Waals surface area (Å²) in [5.74, 6) is 1.51. The van der Waals surface area contributed by atoms with E-state index in [1.165, 1.54) is 18.4 Å². The van der Waals surface area contributed by atoms with Crippen LogP contribution in [-0.4, -0.2) is 27.9 Å². The van der Waals surface area contributed by atoms with Crippen LogP contribution in [0.15, 0.2) is 47.4 Å². The largest absolute Gasteiger partial charge is 0.490 e. The van der Waals surface area contributed by atoms with E-state index >= 15 is 0 Å². The first-order chi connectivity index (χ1) is 10.4. The molecule has 0 spiro atoms. The van der Waals surface area contributed by atoms with Crippen molar-refractivity contribution in [2.24, 2.45) is 0 Å². The van der Waals surface area contributed by atoms with E-state index in [-0.39, 0.29) is 4.90 Å². The van der Waals surface area contributed by atoms with E-state index in [0.29, 0.717) is 19.0 Å². The minimum absolute atomic E-state index is 0.284. The molecule has 0 heterocycles. The molecule has 4 nitrogen and oxygen atoms in total. The fraction of sp³-hybridized carbons (Fsp3) is 0.294. The van der Waals surface area contributed by atoms with Gasteiger partial charge in [0.05, 0.1) is 4.90 Å². The SMILES string of the molecule is Cc1cccc(C)c1OCCOc1ccc(S(C)(=O)=O)cc1. The van der Waals surface area contributed by atoms with E-state index in [2.05, 4.69) is 0 Å². The van der Waals surface area contributed by atoms with Crippen LogP contribution in [0.25, 0.3) is 0 Å². The van der Waals surface area contributed by atoms with Crippen molar-refractivity contribution in [2.75, 3.05) is 19.5 Å². The second-order valence-electron chi connectivity index (χ2n) is 5.16. The topological polar surface area (TPSA) is 52.6 Å². The van der Waals surface area contributed by atoms with Gasteiger partial charge in [0.25, 0.3) is 0 Å². The summed E-state index contributed by atoms with van der Waals surface area (Å²) in [5, 5.41) is 0. The average Bonchev–Trinajstić information content (AvgIpc) is 2.45. The van der Waals surface area contributed by atoms with Gasteiger partial charge in [-0.1, -0.05) is 18.2 Å². The molecule has 0 bridgehead atoms. The highest BCUT2D eigenvalue weighted by Gasteiger charge is 2.07. The lowest BCUT2D eigenvalue weighted by Crippen LogP contribution is -2.10. The molecular weight excluding hydrogens is 300 g/mol. The van der Waals surface area contributed by atoms with Crippen molar-refractivity contribution < 1.29 is 17.9 Å². The summed E-state index contributed by atoms with van der Waals surface area (Å²) in [5.41, 5.74) is 2.19. The van der Waals surface area contributed by atoms with Gasteiger partial charge in [-0.05, 0) is 49.2 Å². The molecule has 0 atom stereocenters. The van der Waals surface area contributed by atoms with Crippen LogP contribution < -0.4 is 9.47 Å². The normalized spacial score (nSPS) is 11.2. The van der Waals surface area contributed by atoms with Gasteiger partial charge < -0.3 is 9.47 Å². The van der Waals surface area contributed by atoms with Crippen LogP contribution in [0.2, 0.25) is 0 Å². The smallest absolute Gasteiger partial charge is 0.175 e. The number of para-hydroxylation sites is 1. The molecule has 0 aromatic heterocycles. The Labute approximate surface area is 131 Å². The lowest BCUT2D eigenvalue weighted by molar-refractivity contribution is 0.215. The molecule has 0 saturated heterocycles. The molecule has 0 saturated carbocycles. The highest BCUT2D eigenvalue weighted by Crippen LogP contribution is 2.22. The first-order valence-electron chi connectivity index (χ1n) is 7.00.